The zero-order chi connectivity index (χ0) is 23.3. The number of imidazole rings is 1. The summed E-state index contributed by atoms with van der Waals surface area (Å²) in [7, 11) is 0. The zero-order valence-electron chi connectivity index (χ0n) is 17.4. The van der Waals surface area contributed by atoms with Gasteiger partial charge in [0.15, 0.2) is 0 Å². The molecule has 0 aliphatic carbocycles. The van der Waals surface area contributed by atoms with Crippen molar-refractivity contribution in [2.24, 2.45) is 0 Å². The third-order valence-corrected chi connectivity index (χ3v) is 6.73. The second kappa shape index (κ2) is 8.14. The number of nitrogens with one attached hydrogen (secondary N) is 1. The number of benzene rings is 2. The third kappa shape index (κ3) is 4.00. The number of carbonyl (C=O) groups is 2. The molecule has 0 saturated carbocycles. The molecule has 2 amide bonds. The lowest BCUT2D eigenvalue weighted by Gasteiger charge is -2.34. The molecule has 0 unspecified atom stereocenters. The van der Waals surface area contributed by atoms with Gasteiger partial charge in [-0.2, -0.15) is 13.2 Å². The van der Waals surface area contributed by atoms with E-state index in [1.165, 1.54) is 6.07 Å². The number of alkyl halides is 3. The maximum absolute atomic E-state index is 13.2. The molecule has 6 nitrogen and oxygen atoms in total. The summed E-state index contributed by atoms with van der Waals surface area (Å²) in [4.78, 5) is 36.5. The molecule has 2 aliphatic heterocycles. The summed E-state index contributed by atoms with van der Waals surface area (Å²) < 4.78 is 39.7. The van der Waals surface area contributed by atoms with Crippen molar-refractivity contribution in [3.63, 3.8) is 0 Å². The number of aromatic nitrogens is 2. The van der Waals surface area contributed by atoms with Gasteiger partial charge in [-0.1, -0.05) is 23.7 Å². The number of anilines is 1. The molecule has 3 aromatic rings. The number of nitrogens with zero attached hydrogens (tertiary/aromatic N) is 3. The highest BCUT2D eigenvalue weighted by Gasteiger charge is 2.44. The van der Waals surface area contributed by atoms with Gasteiger partial charge in [-0.15, -0.1) is 0 Å². The number of rotatable bonds is 3. The van der Waals surface area contributed by atoms with Crippen LogP contribution < -0.4 is 4.90 Å². The maximum Gasteiger partial charge on any atom is 0.417 e. The lowest BCUT2D eigenvalue weighted by molar-refractivity contribution is -0.137. The van der Waals surface area contributed by atoms with Crippen LogP contribution in [0.15, 0.2) is 42.5 Å². The third-order valence-electron chi connectivity index (χ3n) is 6.40. The Balaban J connectivity index is 1.30. The van der Waals surface area contributed by atoms with Crippen LogP contribution in [0.4, 0.5) is 18.9 Å². The Kier molecular flexibility index (Phi) is 5.41. The molecule has 0 spiro atoms. The van der Waals surface area contributed by atoms with Gasteiger partial charge in [0.2, 0.25) is 5.91 Å². The van der Waals surface area contributed by atoms with Crippen LogP contribution in [-0.2, 0) is 15.8 Å². The standard InChI is InChI=1S/C23H20ClF3N4O2/c24-16-6-5-14(11-15(16)23(25,26)27)31-20(32)12-19(22(31)33)30-9-7-13(8-10-30)21-28-17-3-1-2-4-18(17)29-21/h1-6,11,13,19H,7-10,12H2,(H,28,29)/t19-/m0/s1. The predicted octanol–water partition coefficient (Wildman–Crippen LogP) is 4.75. The van der Waals surface area contributed by atoms with Crippen molar-refractivity contribution in [2.75, 3.05) is 18.0 Å². The lowest BCUT2D eigenvalue weighted by atomic mass is 9.95. The van der Waals surface area contributed by atoms with Crippen LogP contribution in [-0.4, -0.2) is 45.8 Å². The molecule has 1 aromatic heterocycles. The Bertz CT molecular complexity index is 1200. The van der Waals surface area contributed by atoms with Crippen LogP contribution in [0.5, 0.6) is 0 Å². The Morgan fingerprint density at radius 1 is 1.06 bits per heavy atom. The molecule has 33 heavy (non-hydrogen) atoms. The number of para-hydroxylation sites is 2. The molecule has 10 heteroatoms. The molecule has 2 fully saturated rings. The van der Waals surface area contributed by atoms with Crippen LogP contribution in [0, 0.1) is 0 Å². The van der Waals surface area contributed by atoms with Crippen molar-refractivity contribution < 1.29 is 22.8 Å². The van der Waals surface area contributed by atoms with E-state index in [1.54, 1.807) is 0 Å². The van der Waals surface area contributed by atoms with Crippen molar-refractivity contribution in [1.82, 2.24) is 14.9 Å². The molecule has 0 radical (unpaired) electrons. The van der Waals surface area contributed by atoms with Gasteiger partial charge in [0.25, 0.3) is 5.91 Å². The summed E-state index contributed by atoms with van der Waals surface area (Å²) in [6, 6.07) is 10.2. The van der Waals surface area contributed by atoms with E-state index >= 15 is 0 Å². The molecule has 2 saturated heterocycles. The van der Waals surface area contributed by atoms with Gasteiger partial charge in [-0.25, -0.2) is 9.88 Å². The Morgan fingerprint density at radius 2 is 1.79 bits per heavy atom. The van der Waals surface area contributed by atoms with Gasteiger partial charge in [-0.05, 0) is 56.3 Å². The normalized spacial score (nSPS) is 20.8. The van der Waals surface area contributed by atoms with Crippen molar-refractivity contribution >= 4 is 40.1 Å². The number of hydrogen-bond acceptors (Lipinski definition) is 4. The molecule has 0 bridgehead atoms. The maximum atomic E-state index is 13.2. The van der Waals surface area contributed by atoms with Crippen molar-refractivity contribution in [1.29, 1.82) is 0 Å². The Labute approximate surface area is 192 Å². The number of fused-ring (bicyclic) bond motifs is 1. The van der Waals surface area contributed by atoms with Crippen LogP contribution in [0.25, 0.3) is 11.0 Å². The highest BCUT2D eigenvalue weighted by Crippen LogP contribution is 2.38. The van der Waals surface area contributed by atoms with Gasteiger partial charge in [0.1, 0.15) is 5.82 Å². The predicted molar refractivity (Wildman–Crippen MR) is 117 cm³/mol. The fraction of sp³-hybridized carbons (Fsp3) is 0.348. The van der Waals surface area contributed by atoms with Gasteiger partial charge < -0.3 is 4.98 Å². The first-order valence-corrected chi connectivity index (χ1v) is 11.0. The van der Waals surface area contributed by atoms with E-state index in [4.69, 9.17) is 11.6 Å². The fourth-order valence-electron chi connectivity index (χ4n) is 4.69. The van der Waals surface area contributed by atoms with E-state index in [-0.39, 0.29) is 18.0 Å². The largest absolute Gasteiger partial charge is 0.417 e. The van der Waals surface area contributed by atoms with Gasteiger partial charge in [0, 0.05) is 5.92 Å². The molecule has 5 rings (SSSR count). The average Bonchev–Trinajstić information content (AvgIpc) is 3.34. The lowest BCUT2D eigenvalue weighted by Crippen LogP contribution is -2.45. The molecule has 172 valence electrons. The molecule has 3 heterocycles. The fourth-order valence-corrected chi connectivity index (χ4v) is 4.92. The van der Waals surface area contributed by atoms with E-state index in [0.29, 0.717) is 13.1 Å². The summed E-state index contributed by atoms with van der Waals surface area (Å²) in [5.41, 5.74) is 0.699. The van der Waals surface area contributed by atoms with Crippen molar-refractivity contribution in [3.8, 4) is 0 Å². The molecule has 1 N–H and O–H groups in total. The summed E-state index contributed by atoms with van der Waals surface area (Å²) in [6.07, 6.45) is -3.22. The summed E-state index contributed by atoms with van der Waals surface area (Å²) in [5, 5.41) is -0.477. The van der Waals surface area contributed by atoms with Crippen molar-refractivity contribution in [3.05, 3.63) is 58.9 Å². The molecule has 1 atom stereocenters. The second-order valence-electron chi connectivity index (χ2n) is 8.40. The zero-order valence-corrected chi connectivity index (χ0v) is 18.2. The number of H-pyrrole nitrogens is 1. The Hall–Kier alpha value is -2.91. The first kappa shape index (κ1) is 21.9. The number of imide groups is 1. The Morgan fingerprint density at radius 3 is 2.48 bits per heavy atom. The minimum absolute atomic E-state index is 0.0574. The SMILES string of the molecule is O=C1C[C@H](N2CCC(c3nc4ccccc4[nH]3)CC2)C(=O)N1c1ccc(Cl)c(C(F)(F)F)c1. The van der Waals surface area contributed by atoms with E-state index < -0.39 is 34.6 Å². The van der Waals surface area contributed by atoms with E-state index in [2.05, 4.69) is 9.97 Å². The van der Waals surface area contributed by atoms with Gasteiger partial charge in [-0.3, -0.25) is 14.5 Å². The molecule has 2 aromatic carbocycles. The smallest absolute Gasteiger partial charge is 0.342 e. The van der Waals surface area contributed by atoms with Gasteiger partial charge in [0.05, 0.1) is 39.8 Å². The number of carbonyl (C=O) groups excluding carboxylic acids is 2. The summed E-state index contributed by atoms with van der Waals surface area (Å²) >= 11 is 5.68. The topological polar surface area (TPSA) is 69.3 Å². The van der Waals surface area contributed by atoms with E-state index in [0.717, 1.165) is 46.7 Å². The number of piperidine rings is 1. The number of amides is 2. The minimum Gasteiger partial charge on any atom is -0.342 e. The molecular weight excluding hydrogens is 457 g/mol. The van der Waals surface area contributed by atoms with Gasteiger partial charge >= 0.3 is 6.18 Å². The van der Waals surface area contributed by atoms with E-state index in [9.17, 15) is 22.8 Å². The first-order valence-electron chi connectivity index (χ1n) is 10.6. The molecular formula is C23H20ClF3N4O2. The highest BCUT2D eigenvalue weighted by atomic mass is 35.5. The van der Waals surface area contributed by atoms with Crippen LogP contribution >= 0.6 is 11.6 Å². The second-order valence-corrected chi connectivity index (χ2v) is 8.81. The number of likely N-dealkylation sites (tertiary alicyclic amines) is 1. The minimum atomic E-state index is -4.68. The summed E-state index contributed by atoms with van der Waals surface area (Å²) in [6.45, 7) is 1.18. The van der Waals surface area contributed by atoms with Crippen LogP contribution in [0.3, 0.4) is 0 Å². The van der Waals surface area contributed by atoms with E-state index in [1.807, 2.05) is 29.2 Å². The first-order chi connectivity index (χ1) is 15.7. The van der Waals surface area contributed by atoms with Crippen LogP contribution in [0.1, 0.15) is 36.6 Å². The highest BCUT2D eigenvalue weighted by molar-refractivity contribution is 6.31. The summed E-state index contributed by atoms with van der Waals surface area (Å²) in [5.74, 6) is 0.104. The van der Waals surface area contributed by atoms with Crippen molar-refractivity contribution in [2.45, 2.75) is 37.4 Å². The number of halogens is 4. The average molecular weight is 477 g/mol. The number of hydrogen-bond donors (Lipinski definition) is 1. The monoisotopic (exact) mass is 476 g/mol. The number of aromatic amines is 1. The molecule has 2 aliphatic rings. The quantitative estimate of drug-likeness (QED) is 0.554. The van der Waals surface area contributed by atoms with Crippen LogP contribution in [0.2, 0.25) is 5.02 Å².